The largest absolute Gasteiger partial charge is 0.476 e. The minimum Gasteiger partial charge on any atom is -0.476 e. The third-order valence-electron chi connectivity index (χ3n) is 4.89. The average Bonchev–Trinajstić information content (AvgIpc) is 2.81. The summed E-state index contributed by atoms with van der Waals surface area (Å²) in [5.74, 6) is 2.36. The smallest absolute Gasteiger partial charge is 0.228 e. The van der Waals surface area contributed by atoms with E-state index in [9.17, 15) is 0 Å². The third-order valence-corrected chi connectivity index (χ3v) is 4.89. The first-order valence-electron chi connectivity index (χ1n) is 10.5. The van der Waals surface area contributed by atoms with Gasteiger partial charge in [0.05, 0.1) is 30.8 Å². The molecule has 1 saturated heterocycles. The van der Waals surface area contributed by atoms with Gasteiger partial charge in [0.2, 0.25) is 11.8 Å². The molecule has 4 rings (SSSR count). The number of nitrogens with one attached hydrogen (secondary N) is 1. The normalized spacial score (nSPS) is 13.9. The molecule has 0 radical (unpaired) electrons. The van der Waals surface area contributed by atoms with Crippen molar-refractivity contribution in [2.75, 3.05) is 69.5 Å². The number of morpholine rings is 1. The maximum absolute atomic E-state index is 5.74. The predicted octanol–water partition coefficient (Wildman–Crippen LogP) is 2.04. The number of anilines is 4. The Morgan fingerprint density at radius 1 is 1.09 bits per heavy atom. The van der Waals surface area contributed by atoms with Gasteiger partial charge in [-0.3, -0.25) is 0 Å². The maximum atomic E-state index is 5.74. The van der Waals surface area contributed by atoms with Gasteiger partial charge in [0.25, 0.3) is 0 Å². The number of ether oxygens (including phenoxy) is 2. The number of likely N-dealkylation sites (N-methyl/N-ethyl adjacent to an activating group) is 1. The van der Waals surface area contributed by atoms with E-state index in [-0.39, 0.29) is 0 Å². The summed E-state index contributed by atoms with van der Waals surface area (Å²) in [4.78, 5) is 22.2. The fourth-order valence-corrected chi connectivity index (χ4v) is 3.13. The Balaban J connectivity index is 1.55. The summed E-state index contributed by atoms with van der Waals surface area (Å²) in [5.41, 5.74) is 8.17. The first kappa shape index (κ1) is 21.7. The van der Waals surface area contributed by atoms with Gasteiger partial charge in [-0.2, -0.15) is 4.98 Å². The molecular formula is C22H28N8O2. The van der Waals surface area contributed by atoms with E-state index in [1.165, 1.54) is 0 Å². The number of nitrogens with two attached hydrogens (primary N) is 1. The molecule has 0 bridgehead atoms. The highest BCUT2D eigenvalue weighted by Crippen LogP contribution is 2.25. The van der Waals surface area contributed by atoms with Gasteiger partial charge < -0.3 is 30.3 Å². The number of nitrogens with zero attached hydrogens (tertiary/aromatic N) is 6. The average molecular weight is 437 g/mol. The summed E-state index contributed by atoms with van der Waals surface area (Å²) in [6.07, 6.45) is 3.44. The molecule has 1 fully saturated rings. The fourth-order valence-electron chi connectivity index (χ4n) is 3.13. The van der Waals surface area contributed by atoms with Crippen LogP contribution in [-0.2, 0) is 4.74 Å². The summed E-state index contributed by atoms with van der Waals surface area (Å²) in [6, 6.07) is 9.31. The molecule has 4 heterocycles. The molecule has 0 unspecified atom stereocenters. The van der Waals surface area contributed by atoms with Crippen LogP contribution in [0.4, 0.5) is 23.3 Å². The van der Waals surface area contributed by atoms with Crippen molar-refractivity contribution in [1.29, 1.82) is 0 Å². The van der Waals surface area contributed by atoms with Crippen LogP contribution in [0.1, 0.15) is 0 Å². The monoisotopic (exact) mass is 436 g/mol. The molecular weight excluding hydrogens is 408 g/mol. The topological polar surface area (TPSA) is 115 Å². The van der Waals surface area contributed by atoms with Gasteiger partial charge in [-0.05, 0) is 32.3 Å². The zero-order valence-corrected chi connectivity index (χ0v) is 18.4. The van der Waals surface area contributed by atoms with E-state index in [0.29, 0.717) is 43.3 Å². The highest BCUT2D eigenvalue weighted by molar-refractivity contribution is 5.67. The number of hydrogen-bond donors (Lipinski definition) is 2. The molecule has 168 valence electrons. The quantitative estimate of drug-likeness (QED) is 0.543. The van der Waals surface area contributed by atoms with Crippen LogP contribution in [0.15, 0.2) is 42.7 Å². The first-order valence-corrected chi connectivity index (χ1v) is 10.5. The van der Waals surface area contributed by atoms with Gasteiger partial charge in [0, 0.05) is 43.5 Å². The molecule has 0 atom stereocenters. The Bertz CT molecular complexity index is 1010. The Kier molecular flexibility index (Phi) is 6.93. The van der Waals surface area contributed by atoms with Crippen LogP contribution in [0.3, 0.4) is 0 Å². The molecule has 0 amide bonds. The summed E-state index contributed by atoms with van der Waals surface area (Å²) in [7, 11) is 4.01. The van der Waals surface area contributed by atoms with E-state index in [1.807, 2.05) is 38.4 Å². The summed E-state index contributed by atoms with van der Waals surface area (Å²) < 4.78 is 11.1. The van der Waals surface area contributed by atoms with Crippen LogP contribution >= 0.6 is 0 Å². The third kappa shape index (κ3) is 5.80. The Morgan fingerprint density at radius 3 is 2.62 bits per heavy atom. The van der Waals surface area contributed by atoms with E-state index in [1.54, 1.807) is 18.5 Å². The molecule has 0 saturated carbocycles. The Labute approximate surface area is 187 Å². The minimum absolute atomic E-state index is 0.466. The van der Waals surface area contributed by atoms with Crippen LogP contribution in [0, 0.1) is 0 Å². The molecule has 3 aromatic rings. The van der Waals surface area contributed by atoms with E-state index in [4.69, 9.17) is 25.2 Å². The lowest BCUT2D eigenvalue weighted by Gasteiger charge is -2.27. The van der Waals surface area contributed by atoms with Crippen molar-refractivity contribution < 1.29 is 9.47 Å². The SMILES string of the molecule is CN(C)CCOc1ccc(Nc2cc(-c3ccc(N)nc3)nc(N3CCOCC3)n2)cn1. The number of hydrogen-bond acceptors (Lipinski definition) is 10. The van der Waals surface area contributed by atoms with Crippen molar-refractivity contribution in [3.05, 3.63) is 42.7 Å². The second-order valence-corrected chi connectivity index (χ2v) is 7.67. The van der Waals surface area contributed by atoms with Crippen molar-refractivity contribution in [3.8, 4) is 17.1 Å². The van der Waals surface area contributed by atoms with Gasteiger partial charge in [-0.1, -0.05) is 0 Å². The summed E-state index contributed by atoms with van der Waals surface area (Å²) >= 11 is 0. The molecule has 0 aromatic carbocycles. The molecule has 0 spiro atoms. The van der Waals surface area contributed by atoms with Gasteiger partial charge in [-0.25, -0.2) is 15.0 Å². The van der Waals surface area contributed by atoms with Crippen LogP contribution in [0.2, 0.25) is 0 Å². The highest BCUT2D eigenvalue weighted by Gasteiger charge is 2.17. The molecule has 3 aromatic heterocycles. The molecule has 10 heteroatoms. The van der Waals surface area contributed by atoms with Gasteiger partial charge in [0.1, 0.15) is 18.2 Å². The van der Waals surface area contributed by atoms with Crippen LogP contribution in [0.5, 0.6) is 5.88 Å². The van der Waals surface area contributed by atoms with Crippen LogP contribution in [-0.4, -0.2) is 78.4 Å². The lowest BCUT2D eigenvalue weighted by atomic mass is 10.2. The second kappa shape index (κ2) is 10.2. The maximum Gasteiger partial charge on any atom is 0.228 e. The summed E-state index contributed by atoms with van der Waals surface area (Å²) in [6.45, 7) is 4.20. The number of rotatable bonds is 8. The molecule has 10 nitrogen and oxygen atoms in total. The Hall–Kier alpha value is -3.50. The van der Waals surface area contributed by atoms with E-state index in [0.717, 1.165) is 36.6 Å². The van der Waals surface area contributed by atoms with Crippen LogP contribution in [0.25, 0.3) is 11.3 Å². The standard InChI is InChI=1S/C22H28N8O2/c1-29(2)7-12-32-21-6-4-17(15-25-21)26-20-13-18(16-3-5-19(23)24-14-16)27-22(28-20)30-8-10-31-11-9-30/h3-6,13-15H,7-12H2,1-2H3,(H2,23,24)(H,26,27,28). The molecule has 3 N–H and O–H groups in total. The van der Waals surface area contributed by atoms with Crippen molar-refractivity contribution in [1.82, 2.24) is 24.8 Å². The second-order valence-electron chi connectivity index (χ2n) is 7.67. The van der Waals surface area contributed by atoms with Gasteiger partial charge in [-0.15, -0.1) is 0 Å². The predicted molar refractivity (Wildman–Crippen MR) is 124 cm³/mol. The lowest BCUT2D eigenvalue weighted by Crippen LogP contribution is -2.37. The van der Waals surface area contributed by atoms with E-state index in [2.05, 4.69) is 25.1 Å². The van der Waals surface area contributed by atoms with Crippen molar-refractivity contribution in [2.45, 2.75) is 0 Å². The van der Waals surface area contributed by atoms with Crippen molar-refractivity contribution >= 4 is 23.3 Å². The number of nitrogen functional groups attached to an aromatic ring is 1. The van der Waals surface area contributed by atoms with Gasteiger partial charge >= 0.3 is 0 Å². The zero-order chi connectivity index (χ0) is 22.3. The van der Waals surface area contributed by atoms with Crippen molar-refractivity contribution in [2.24, 2.45) is 0 Å². The van der Waals surface area contributed by atoms with E-state index < -0.39 is 0 Å². The molecule has 1 aliphatic rings. The first-order chi connectivity index (χ1) is 15.6. The zero-order valence-electron chi connectivity index (χ0n) is 18.4. The number of pyridine rings is 2. The number of aromatic nitrogens is 4. The van der Waals surface area contributed by atoms with Crippen LogP contribution < -0.4 is 20.7 Å². The Morgan fingerprint density at radius 2 is 1.94 bits per heavy atom. The molecule has 32 heavy (non-hydrogen) atoms. The lowest BCUT2D eigenvalue weighted by molar-refractivity contribution is 0.122. The summed E-state index contributed by atoms with van der Waals surface area (Å²) in [5, 5.41) is 3.33. The minimum atomic E-state index is 0.466. The van der Waals surface area contributed by atoms with E-state index >= 15 is 0 Å². The molecule has 1 aliphatic heterocycles. The molecule has 0 aliphatic carbocycles. The van der Waals surface area contributed by atoms with Crippen molar-refractivity contribution in [3.63, 3.8) is 0 Å². The van der Waals surface area contributed by atoms with Gasteiger partial charge in [0.15, 0.2) is 0 Å². The highest BCUT2D eigenvalue weighted by atomic mass is 16.5. The fraction of sp³-hybridized carbons (Fsp3) is 0.364.